The molecule has 0 aliphatic carbocycles. The highest BCUT2D eigenvalue weighted by atomic mass is 19.1. The Hall–Kier alpha value is -1.09. The van der Waals surface area contributed by atoms with Crippen LogP contribution in [-0.2, 0) is 6.42 Å². The number of nitrogens with two attached hydrogens (primary N) is 1. The fourth-order valence-corrected chi connectivity index (χ4v) is 2.56. The van der Waals surface area contributed by atoms with Crippen LogP contribution < -0.4 is 10.6 Å². The third-order valence-electron chi connectivity index (χ3n) is 3.82. The second kappa shape index (κ2) is 5.05. The molecule has 2 nitrogen and oxygen atoms in total. The third-order valence-corrected chi connectivity index (χ3v) is 3.82. The van der Waals surface area contributed by atoms with Crippen molar-refractivity contribution in [3.05, 3.63) is 29.6 Å². The molecule has 1 saturated heterocycles. The lowest BCUT2D eigenvalue weighted by Crippen LogP contribution is -2.22. The van der Waals surface area contributed by atoms with Crippen molar-refractivity contribution in [2.24, 2.45) is 17.6 Å². The van der Waals surface area contributed by atoms with Crippen molar-refractivity contribution in [1.29, 1.82) is 0 Å². The summed E-state index contributed by atoms with van der Waals surface area (Å²) in [5, 5.41) is 0. The second-order valence-electron chi connectivity index (χ2n) is 5.14. The van der Waals surface area contributed by atoms with Crippen molar-refractivity contribution >= 4 is 5.69 Å². The smallest absolute Gasteiger partial charge is 0.128 e. The number of nitrogens with zero attached hydrogens (tertiary/aromatic N) is 1. The van der Waals surface area contributed by atoms with Crippen LogP contribution in [0.4, 0.5) is 10.1 Å². The molecule has 0 bridgehead atoms. The van der Waals surface area contributed by atoms with E-state index in [-0.39, 0.29) is 5.82 Å². The van der Waals surface area contributed by atoms with Crippen molar-refractivity contribution < 1.29 is 4.39 Å². The lowest BCUT2D eigenvalue weighted by molar-refractivity contribution is 0.494. The molecule has 2 unspecified atom stereocenters. The minimum Gasteiger partial charge on any atom is -0.371 e. The van der Waals surface area contributed by atoms with Crippen LogP contribution in [0.2, 0.25) is 0 Å². The minimum atomic E-state index is -0.125. The Kier molecular flexibility index (Phi) is 3.67. The first-order valence-corrected chi connectivity index (χ1v) is 6.36. The predicted octanol–water partition coefficient (Wildman–Crippen LogP) is 2.42. The molecule has 1 fully saturated rings. The Bertz CT molecular complexity index is 382. The molecule has 1 aliphatic rings. The number of halogens is 1. The number of rotatable bonds is 3. The van der Waals surface area contributed by atoms with Crippen molar-refractivity contribution in [1.82, 2.24) is 0 Å². The van der Waals surface area contributed by atoms with Gasteiger partial charge in [0.05, 0.1) is 0 Å². The highest BCUT2D eigenvalue weighted by Crippen LogP contribution is 2.31. The van der Waals surface area contributed by atoms with Crippen LogP contribution in [0.5, 0.6) is 0 Å². The zero-order chi connectivity index (χ0) is 12.4. The molecule has 1 aliphatic heterocycles. The van der Waals surface area contributed by atoms with Crippen molar-refractivity contribution in [3.63, 3.8) is 0 Å². The fraction of sp³-hybridized carbons (Fsp3) is 0.571. The highest BCUT2D eigenvalue weighted by molar-refractivity contribution is 5.55. The monoisotopic (exact) mass is 236 g/mol. The van der Waals surface area contributed by atoms with Gasteiger partial charge in [0.1, 0.15) is 5.82 Å². The quantitative estimate of drug-likeness (QED) is 0.873. The standard InChI is InChI=1S/C14H21FN2/c1-10-8-17(9-11(10)2)14-5-3-4-13(15)12(14)6-7-16/h3-5,10-11H,6-9,16H2,1-2H3. The van der Waals surface area contributed by atoms with Gasteiger partial charge in [0.25, 0.3) is 0 Å². The van der Waals surface area contributed by atoms with Gasteiger partial charge in [0.15, 0.2) is 0 Å². The van der Waals surface area contributed by atoms with E-state index in [1.54, 1.807) is 6.07 Å². The zero-order valence-electron chi connectivity index (χ0n) is 10.6. The van der Waals surface area contributed by atoms with Crippen LogP contribution in [-0.4, -0.2) is 19.6 Å². The van der Waals surface area contributed by atoms with Gasteiger partial charge in [-0.1, -0.05) is 19.9 Å². The minimum absolute atomic E-state index is 0.125. The molecule has 94 valence electrons. The zero-order valence-corrected chi connectivity index (χ0v) is 10.6. The van der Waals surface area contributed by atoms with Gasteiger partial charge in [-0.2, -0.15) is 0 Å². The Labute approximate surface area is 103 Å². The predicted molar refractivity (Wildman–Crippen MR) is 69.7 cm³/mol. The van der Waals surface area contributed by atoms with Crippen LogP contribution in [0.3, 0.4) is 0 Å². The van der Waals surface area contributed by atoms with E-state index >= 15 is 0 Å². The molecular formula is C14H21FN2. The van der Waals surface area contributed by atoms with E-state index in [0.29, 0.717) is 24.8 Å². The van der Waals surface area contributed by atoms with Gasteiger partial charge in [0, 0.05) is 24.3 Å². The van der Waals surface area contributed by atoms with Crippen molar-refractivity contribution in [2.75, 3.05) is 24.5 Å². The molecule has 1 aromatic rings. The van der Waals surface area contributed by atoms with Crippen LogP contribution in [0.1, 0.15) is 19.4 Å². The lowest BCUT2D eigenvalue weighted by atomic mass is 10.0. The molecule has 17 heavy (non-hydrogen) atoms. The van der Waals surface area contributed by atoms with E-state index in [1.165, 1.54) is 6.07 Å². The lowest BCUT2D eigenvalue weighted by Gasteiger charge is -2.22. The van der Waals surface area contributed by atoms with E-state index in [4.69, 9.17) is 5.73 Å². The Balaban J connectivity index is 2.29. The number of anilines is 1. The SMILES string of the molecule is CC1CN(c2cccc(F)c2CCN)CC1C. The normalized spacial score (nSPS) is 24.4. The van der Waals surface area contributed by atoms with Crippen molar-refractivity contribution in [3.8, 4) is 0 Å². The number of hydrogen-bond donors (Lipinski definition) is 1. The highest BCUT2D eigenvalue weighted by Gasteiger charge is 2.27. The summed E-state index contributed by atoms with van der Waals surface area (Å²) < 4.78 is 13.8. The first-order chi connectivity index (χ1) is 8.13. The maximum atomic E-state index is 13.8. The van der Waals surface area contributed by atoms with Crippen molar-refractivity contribution in [2.45, 2.75) is 20.3 Å². The molecule has 1 heterocycles. The molecule has 2 rings (SSSR count). The fourth-order valence-electron chi connectivity index (χ4n) is 2.56. The third kappa shape index (κ3) is 2.44. The molecular weight excluding hydrogens is 215 g/mol. The molecule has 0 amide bonds. The Morgan fingerprint density at radius 3 is 2.53 bits per heavy atom. The molecule has 0 saturated carbocycles. The molecule has 1 aromatic carbocycles. The molecule has 2 atom stereocenters. The first-order valence-electron chi connectivity index (χ1n) is 6.36. The molecule has 3 heteroatoms. The Morgan fingerprint density at radius 1 is 1.29 bits per heavy atom. The molecule has 0 aromatic heterocycles. The van der Waals surface area contributed by atoms with Gasteiger partial charge in [-0.25, -0.2) is 4.39 Å². The van der Waals surface area contributed by atoms with Gasteiger partial charge in [-0.15, -0.1) is 0 Å². The van der Waals surface area contributed by atoms with Crippen LogP contribution in [0.15, 0.2) is 18.2 Å². The first kappa shape index (κ1) is 12.4. The summed E-state index contributed by atoms with van der Waals surface area (Å²) in [6.07, 6.45) is 0.612. The topological polar surface area (TPSA) is 29.3 Å². The van der Waals surface area contributed by atoms with Gasteiger partial charge in [0.2, 0.25) is 0 Å². The van der Waals surface area contributed by atoms with E-state index < -0.39 is 0 Å². The summed E-state index contributed by atoms with van der Waals surface area (Å²) in [5.41, 5.74) is 7.37. The maximum Gasteiger partial charge on any atom is 0.128 e. The average molecular weight is 236 g/mol. The number of benzene rings is 1. The van der Waals surface area contributed by atoms with E-state index in [0.717, 1.165) is 24.3 Å². The summed E-state index contributed by atoms with van der Waals surface area (Å²) in [4.78, 5) is 2.30. The Morgan fingerprint density at radius 2 is 1.94 bits per heavy atom. The van der Waals surface area contributed by atoms with Crippen LogP contribution in [0, 0.1) is 17.7 Å². The summed E-state index contributed by atoms with van der Waals surface area (Å²) in [5.74, 6) is 1.22. The van der Waals surface area contributed by atoms with Gasteiger partial charge < -0.3 is 10.6 Å². The second-order valence-corrected chi connectivity index (χ2v) is 5.14. The van der Waals surface area contributed by atoms with E-state index in [1.807, 2.05) is 6.07 Å². The summed E-state index contributed by atoms with van der Waals surface area (Å²) >= 11 is 0. The summed E-state index contributed by atoms with van der Waals surface area (Å²) in [6.45, 7) is 7.04. The van der Waals surface area contributed by atoms with Crippen LogP contribution in [0.25, 0.3) is 0 Å². The van der Waals surface area contributed by atoms with Gasteiger partial charge in [-0.3, -0.25) is 0 Å². The van der Waals surface area contributed by atoms with E-state index in [2.05, 4.69) is 18.7 Å². The van der Waals surface area contributed by atoms with Gasteiger partial charge in [-0.05, 0) is 36.9 Å². The number of hydrogen-bond acceptors (Lipinski definition) is 2. The average Bonchev–Trinajstić information content (AvgIpc) is 2.62. The van der Waals surface area contributed by atoms with Crippen LogP contribution >= 0.6 is 0 Å². The molecule has 0 spiro atoms. The van der Waals surface area contributed by atoms with E-state index in [9.17, 15) is 4.39 Å². The largest absolute Gasteiger partial charge is 0.371 e. The van der Waals surface area contributed by atoms with Gasteiger partial charge >= 0.3 is 0 Å². The maximum absolute atomic E-state index is 13.8. The summed E-state index contributed by atoms with van der Waals surface area (Å²) in [7, 11) is 0. The summed E-state index contributed by atoms with van der Waals surface area (Å²) in [6, 6.07) is 5.33. The molecule has 2 N–H and O–H groups in total. The molecule has 0 radical (unpaired) electrons.